The van der Waals surface area contributed by atoms with Crippen LogP contribution in [0.2, 0.25) is 0 Å². The van der Waals surface area contributed by atoms with Gasteiger partial charge in [0.25, 0.3) is 0 Å². The number of para-hydroxylation sites is 2. The second kappa shape index (κ2) is 8.67. The van der Waals surface area contributed by atoms with Crippen molar-refractivity contribution in [3.63, 3.8) is 0 Å². The van der Waals surface area contributed by atoms with Crippen LogP contribution in [0.25, 0.3) is 11.1 Å². The third-order valence-corrected chi connectivity index (χ3v) is 5.27. The lowest BCUT2D eigenvalue weighted by molar-refractivity contribution is 1.28. The van der Waals surface area contributed by atoms with E-state index in [9.17, 15) is 0 Å². The Kier molecular flexibility index (Phi) is 5.63. The highest BCUT2D eigenvalue weighted by Gasteiger charge is 2.13. The number of anilines is 3. The zero-order chi connectivity index (χ0) is 20.9. The number of allylic oxidation sites excluding steroid dienone is 2. The molecular weight excluding hydrogens is 362 g/mol. The van der Waals surface area contributed by atoms with Crippen molar-refractivity contribution in [1.29, 1.82) is 0 Å². The second-order valence-corrected chi connectivity index (χ2v) is 7.38. The summed E-state index contributed by atoms with van der Waals surface area (Å²) in [6.45, 7) is 10.7. The monoisotopic (exact) mass is 387 g/mol. The molecule has 0 radical (unpaired) electrons. The molecule has 0 heterocycles. The molecule has 0 aromatic heterocycles. The number of hydrogen-bond acceptors (Lipinski definition) is 1. The quantitative estimate of drug-likeness (QED) is 0.301. The molecule has 0 bridgehead atoms. The van der Waals surface area contributed by atoms with Gasteiger partial charge in [0.2, 0.25) is 0 Å². The third-order valence-electron chi connectivity index (χ3n) is 5.27. The van der Waals surface area contributed by atoms with E-state index in [1.54, 1.807) is 0 Å². The molecule has 0 fully saturated rings. The number of aryl methyl sites for hydroxylation is 1. The molecule has 4 rings (SSSR count). The Morgan fingerprint density at radius 2 is 0.867 bits per heavy atom. The maximum Gasteiger partial charge on any atom is 0.0462 e. The van der Waals surface area contributed by atoms with Crippen LogP contribution in [0.1, 0.15) is 16.7 Å². The summed E-state index contributed by atoms with van der Waals surface area (Å²) in [6, 6.07) is 37.8. The van der Waals surface area contributed by atoms with Gasteiger partial charge in [-0.15, -0.1) is 0 Å². The summed E-state index contributed by atoms with van der Waals surface area (Å²) in [5.74, 6) is 0. The summed E-state index contributed by atoms with van der Waals surface area (Å²) < 4.78 is 0. The molecule has 0 aliphatic rings. The first-order valence-corrected chi connectivity index (χ1v) is 10.1. The van der Waals surface area contributed by atoms with Crippen molar-refractivity contribution in [2.24, 2.45) is 0 Å². The molecule has 4 aromatic carbocycles. The molecule has 1 nitrogen and oxygen atoms in total. The third kappa shape index (κ3) is 4.11. The van der Waals surface area contributed by atoms with Gasteiger partial charge in [0.1, 0.15) is 0 Å². The molecule has 4 aromatic rings. The summed E-state index contributed by atoms with van der Waals surface area (Å²) in [5.41, 5.74) is 8.66. The van der Waals surface area contributed by atoms with Crippen LogP contribution in [-0.2, 0) is 0 Å². The lowest BCUT2D eigenvalue weighted by atomic mass is 9.94. The minimum Gasteiger partial charge on any atom is -0.311 e. The van der Waals surface area contributed by atoms with Crippen molar-refractivity contribution in [3.8, 4) is 0 Å². The van der Waals surface area contributed by atoms with Crippen molar-refractivity contribution in [3.05, 3.63) is 139 Å². The van der Waals surface area contributed by atoms with Gasteiger partial charge in [-0.25, -0.2) is 0 Å². The Bertz CT molecular complexity index is 1100. The normalized spacial score (nSPS) is 10.4. The fourth-order valence-electron chi connectivity index (χ4n) is 3.52. The van der Waals surface area contributed by atoms with Gasteiger partial charge in [-0.05, 0) is 65.6 Å². The first-order valence-electron chi connectivity index (χ1n) is 10.1. The van der Waals surface area contributed by atoms with E-state index in [2.05, 4.69) is 122 Å². The van der Waals surface area contributed by atoms with E-state index < -0.39 is 0 Å². The highest BCUT2D eigenvalue weighted by molar-refractivity contribution is 6.03. The molecule has 0 unspecified atom stereocenters. The van der Waals surface area contributed by atoms with Gasteiger partial charge in [-0.1, -0.05) is 91.5 Å². The highest BCUT2D eigenvalue weighted by Crippen LogP contribution is 2.36. The fraction of sp³-hybridized carbons (Fsp3) is 0.0345. The predicted octanol–water partition coefficient (Wildman–Crippen LogP) is 8.19. The van der Waals surface area contributed by atoms with E-state index in [4.69, 9.17) is 0 Å². The molecule has 0 aliphatic heterocycles. The van der Waals surface area contributed by atoms with E-state index in [0.29, 0.717) is 0 Å². The Balaban J connectivity index is 1.64. The van der Waals surface area contributed by atoms with Crippen LogP contribution in [0, 0.1) is 6.92 Å². The van der Waals surface area contributed by atoms with Gasteiger partial charge in [0.15, 0.2) is 0 Å². The molecule has 146 valence electrons. The van der Waals surface area contributed by atoms with Gasteiger partial charge in [-0.2, -0.15) is 0 Å². The van der Waals surface area contributed by atoms with Crippen LogP contribution in [0.5, 0.6) is 0 Å². The van der Waals surface area contributed by atoms with Crippen molar-refractivity contribution in [2.45, 2.75) is 6.92 Å². The predicted molar refractivity (Wildman–Crippen MR) is 130 cm³/mol. The van der Waals surface area contributed by atoms with Crippen molar-refractivity contribution in [2.75, 3.05) is 4.90 Å². The maximum absolute atomic E-state index is 4.30. The van der Waals surface area contributed by atoms with Gasteiger partial charge in [0.05, 0.1) is 0 Å². The second-order valence-electron chi connectivity index (χ2n) is 7.38. The molecular formula is C29H25N. The summed E-state index contributed by atoms with van der Waals surface area (Å²) in [7, 11) is 0. The molecule has 1 heteroatoms. The zero-order valence-corrected chi connectivity index (χ0v) is 17.3. The standard InChI is InChI=1S/C29H25N/c1-22-14-16-25(17-15-22)23(2)24(3)26-18-20-29(21-19-26)30(27-10-6-4-7-11-27)28-12-8-5-9-13-28/h4-21H,2-3H2,1H3. The Hall–Kier alpha value is -3.84. The van der Waals surface area contributed by atoms with Crippen LogP contribution in [-0.4, -0.2) is 0 Å². The largest absolute Gasteiger partial charge is 0.311 e. The number of rotatable bonds is 6. The minimum atomic E-state index is 0.941. The Morgan fingerprint density at radius 1 is 0.500 bits per heavy atom. The average Bonchev–Trinajstić information content (AvgIpc) is 2.81. The van der Waals surface area contributed by atoms with Gasteiger partial charge in [-0.3, -0.25) is 0 Å². The summed E-state index contributed by atoms with van der Waals surface area (Å²) in [5, 5.41) is 0. The Morgan fingerprint density at radius 3 is 1.30 bits per heavy atom. The van der Waals surface area contributed by atoms with Gasteiger partial charge in [0, 0.05) is 17.1 Å². The van der Waals surface area contributed by atoms with Gasteiger partial charge >= 0.3 is 0 Å². The number of benzene rings is 4. The van der Waals surface area contributed by atoms with E-state index in [1.165, 1.54) is 5.56 Å². The van der Waals surface area contributed by atoms with Crippen molar-refractivity contribution < 1.29 is 0 Å². The molecule has 0 atom stereocenters. The zero-order valence-electron chi connectivity index (χ0n) is 17.3. The van der Waals surface area contributed by atoms with Crippen LogP contribution in [0.15, 0.2) is 122 Å². The summed E-state index contributed by atoms with van der Waals surface area (Å²) in [4.78, 5) is 2.25. The molecule has 30 heavy (non-hydrogen) atoms. The number of hydrogen-bond donors (Lipinski definition) is 0. The van der Waals surface area contributed by atoms with Crippen LogP contribution >= 0.6 is 0 Å². The van der Waals surface area contributed by atoms with E-state index in [1.807, 2.05) is 12.1 Å². The SMILES string of the molecule is C=C(C(=C)c1ccc(N(c2ccccc2)c2ccccc2)cc1)c1ccc(C)cc1. The van der Waals surface area contributed by atoms with Gasteiger partial charge < -0.3 is 4.90 Å². The summed E-state index contributed by atoms with van der Waals surface area (Å²) >= 11 is 0. The molecule has 0 saturated carbocycles. The lowest BCUT2D eigenvalue weighted by Crippen LogP contribution is -2.09. The highest BCUT2D eigenvalue weighted by atomic mass is 15.1. The first-order chi connectivity index (χ1) is 14.6. The average molecular weight is 388 g/mol. The molecule has 0 amide bonds. The molecule has 0 N–H and O–H groups in total. The van der Waals surface area contributed by atoms with E-state index in [-0.39, 0.29) is 0 Å². The van der Waals surface area contributed by atoms with E-state index >= 15 is 0 Å². The van der Waals surface area contributed by atoms with Crippen LogP contribution in [0.4, 0.5) is 17.1 Å². The lowest BCUT2D eigenvalue weighted by Gasteiger charge is -2.25. The van der Waals surface area contributed by atoms with Crippen LogP contribution < -0.4 is 4.90 Å². The van der Waals surface area contributed by atoms with Crippen LogP contribution in [0.3, 0.4) is 0 Å². The summed E-state index contributed by atoms with van der Waals surface area (Å²) in [6.07, 6.45) is 0. The maximum atomic E-state index is 4.30. The van der Waals surface area contributed by atoms with Crippen molar-refractivity contribution >= 4 is 28.2 Å². The molecule has 0 saturated heterocycles. The molecule has 0 aliphatic carbocycles. The van der Waals surface area contributed by atoms with E-state index in [0.717, 1.165) is 39.3 Å². The molecule has 0 spiro atoms. The fourth-order valence-corrected chi connectivity index (χ4v) is 3.52. The Labute approximate surface area is 179 Å². The topological polar surface area (TPSA) is 3.24 Å². The smallest absolute Gasteiger partial charge is 0.0462 e. The minimum absolute atomic E-state index is 0.941. The first kappa shape index (κ1) is 19.5. The van der Waals surface area contributed by atoms with Crippen molar-refractivity contribution in [1.82, 2.24) is 0 Å². The number of nitrogens with zero attached hydrogens (tertiary/aromatic N) is 1.